The zero-order valence-electron chi connectivity index (χ0n) is 15.1. The molecule has 0 spiro atoms. The van der Waals surface area contributed by atoms with Crippen LogP contribution in [0.25, 0.3) is 5.65 Å². The van der Waals surface area contributed by atoms with E-state index in [1.807, 2.05) is 19.1 Å². The highest BCUT2D eigenvalue weighted by Gasteiger charge is 2.09. The quantitative estimate of drug-likeness (QED) is 0.578. The molecule has 1 amide bonds. The van der Waals surface area contributed by atoms with Gasteiger partial charge >= 0.3 is 0 Å². The van der Waals surface area contributed by atoms with Crippen molar-refractivity contribution in [3.05, 3.63) is 94.4 Å². The molecule has 28 heavy (non-hydrogen) atoms. The highest BCUT2D eigenvalue weighted by atomic mass is 16.5. The van der Waals surface area contributed by atoms with E-state index in [1.165, 1.54) is 16.7 Å². The Morgan fingerprint density at radius 2 is 2.00 bits per heavy atom. The molecule has 4 rings (SSSR count). The van der Waals surface area contributed by atoms with Gasteiger partial charge in [0.2, 0.25) is 0 Å². The van der Waals surface area contributed by atoms with Crippen molar-refractivity contribution in [1.82, 2.24) is 9.38 Å². The number of fused-ring (bicyclic) bond motifs is 1. The van der Waals surface area contributed by atoms with Crippen molar-refractivity contribution in [2.75, 3.05) is 5.32 Å². The van der Waals surface area contributed by atoms with E-state index >= 15 is 0 Å². The van der Waals surface area contributed by atoms with Gasteiger partial charge in [0.15, 0.2) is 5.76 Å². The van der Waals surface area contributed by atoms with Crippen LogP contribution in [0, 0.1) is 6.92 Å². The van der Waals surface area contributed by atoms with Crippen LogP contribution in [0.3, 0.4) is 0 Å². The molecule has 0 aliphatic carbocycles. The molecule has 0 saturated carbocycles. The van der Waals surface area contributed by atoms with E-state index in [4.69, 9.17) is 9.15 Å². The molecule has 1 N–H and O–H groups in total. The maximum atomic E-state index is 12.2. The first-order chi connectivity index (χ1) is 13.6. The van der Waals surface area contributed by atoms with E-state index in [2.05, 4.69) is 10.3 Å². The van der Waals surface area contributed by atoms with Crippen LogP contribution >= 0.6 is 0 Å². The van der Waals surface area contributed by atoms with Crippen LogP contribution in [0.5, 0.6) is 5.75 Å². The fourth-order valence-electron chi connectivity index (χ4n) is 2.72. The number of aryl methyl sites for hydroxylation is 1. The molecule has 0 atom stereocenters. The number of carbonyl (C=O) groups excluding carboxylic acids is 1. The van der Waals surface area contributed by atoms with E-state index in [0.29, 0.717) is 22.8 Å². The molecule has 7 heteroatoms. The Kier molecular flexibility index (Phi) is 4.63. The molecule has 140 valence electrons. The molecule has 4 aromatic rings. The van der Waals surface area contributed by atoms with E-state index in [-0.39, 0.29) is 23.8 Å². The number of benzene rings is 1. The molecule has 3 aromatic heterocycles. The number of anilines is 1. The molecule has 3 heterocycles. The van der Waals surface area contributed by atoms with Gasteiger partial charge < -0.3 is 14.5 Å². The van der Waals surface area contributed by atoms with Gasteiger partial charge in [0.1, 0.15) is 18.0 Å². The van der Waals surface area contributed by atoms with Gasteiger partial charge in [-0.25, -0.2) is 4.98 Å². The maximum Gasteiger partial charge on any atom is 0.291 e. The van der Waals surface area contributed by atoms with Crippen molar-refractivity contribution in [2.45, 2.75) is 13.5 Å². The van der Waals surface area contributed by atoms with Crippen molar-refractivity contribution in [1.29, 1.82) is 0 Å². The Balaban J connectivity index is 1.43. The third-order valence-corrected chi connectivity index (χ3v) is 4.12. The average molecular weight is 375 g/mol. The van der Waals surface area contributed by atoms with Crippen LogP contribution in [0.1, 0.15) is 21.8 Å². The standard InChI is InChI=1S/C21H17N3O4/c1-14-8-9-24-19(11-14)22-16(12-20(24)25)13-28-17-6-4-15(5-7-17)23-21(26)18-3-2-10-27-18/h2-12H,13H2,1H3,(H,23,26). The number of furan rings is 1. The molecule has 0 unspecified atom stereocenters. The van der Waals surface area contributed by atoms with Gasteiger partial charge in [0, 0.05) is 18.0 Å². The Hall–Kier alpha value is -3.87. The summed E-state index contributed by atoms with van der Waals surface area (Å²) in [4.78, 5) is 28.6. The first-order valence-electron chi connectivity index (χ1n) is 8.65. The van der Waals surface area contributed by atoms with Crippen LogP contribution < -0.4 is 15.6 Å². The summed E-state index contributed by atoms with van der Waals surface area (Å²) in [6.07, 6.45) is 3.15. The number of rotatable bonds is 5. The minimum Gasteiger partial charge on any atom is -0.487 e. The van der Waals surface area contributed by atoms with Crippen molar-refractivity contribution in [3.8, 4) is 5.75 Å². The number of amides is 1. The zero-order chi connectivity index (χ0) is 19.5. The number of hydrogen-bond donors (Lipinski definition) is 1. The summed E-state index contributed by atoms with van der Waals surface area (Å²) in [5.41, 5.74) is 2.62. The summed E-state index contributed by atoms with van der Waals surface area (Å²) in [7, 11) is 0. The van der Waals surface area contributed by atoms with E-state index in [9.17, 15) is 9.59 Å². The third-order valence-electron chi connectivity index (χ3n) is 4.12. The number of pyridine rings is 1. The number of ether oxygens (including phenoxy) is 1. The molecule has 0 bridgehead atoms. The second-order valence-electron chi connectivity index (χ2n) is 6.26. The molecular formula is C21H17N3O4. The van der Waals surface area contributed by atoms with Gasteiger partial charge in [-0.3, -0.25) is 14.0 Å². The van der Waals surface area contributed by atoms with Crippen molar-refractivity contribution in [3.63, 3.8) is 0 Å². The fourth-order valence-corrected chi connectivity index (χ4v) is 2.72. The van der Waals surface area contributed by atoms with Crippen LogP contribution in [-0.2, 0) is 6.61 Å². The Morgan fingerprint density at radius 3 is 2.75 bits per heavy atom. The van der Waals surface area contributed by atoms with Gasteiger partial charge in [0.05, 0.1) is 12.0 Å². The van der Waals surface area contributed by atoms with Crippen molar-refractivity contribution < 1.29 is 13.9 Å². The molecule has 1 aromatic carbocycles. The summed E-state index contributed by atoms with van der Waals surface area (Å²) >= 11 is 0. The first-order valence-corrected chi connectivity index (χ1v) is 8.65. The van der Waals surface area contributed by atoms with Crippen LogP contribution in [0.4, 0.5) is 5.69 Å². The summed E-state index contributed by atoms with van der Waals surface area (Å²) < 4.78 is 12.3. The largest absolute Gasteiger partial charge is 0.487 e. The molecular weight excluding hydrogens is 358 g/mol. The topological polar surface area (TPSA) is 85.8 Å². The SMILES string of the molecule is Cc1ccn2c(=O)cc(COc3ccc(NC(=O)c4ccco4)cc3)nc2c1. The van der Waals surface area contributed by atoms with Crippen molar-refractivity contribution in [2.24, 2.45) is 0 Å². The lowest BCUT2D eigenvalue weighted by Crippen LogP contribution is -2.16. The second kappa shape index (κ2) is 7.40. The van der Waals surface area contributed by atoms with E-state index < -0.39 is 0 Å². The lowest BCUT2D eigenvalue weighted by atomic mass is 10.3. The monoisotopic (exact) mass is 375 g/mol. The first kappa shape index (κ1) is 17.5. The van der Waals surface area contributed by atoms with Crippen molar-refractivity contribution >= 4 is 17.2 Å². The van der Waals surface area contributed by atoms with E-state index in [1.54, 1.807) is 42.6 Å². The number of aromatic nitrogens is 2. The summed E-state index contributed by atoms with van der Waals surface area (Å²) in [6.45, 7) is 2.11. The van der Waals surface area contributed by atoms with Crippen LogP contribution in [0.15, 0.2) is 76.3 Å². The highest BCUT2D eigenvalue weighted by Crippen LogP contribution is 2.17. The molecule has 0 saturated heterocycles. The zero-order valence-corrected chi connectivity index (χ0v) is 15.1. The number of carbonyl (C=O) groups is 1. The fraction of sp³-hybridized carbons (Fsp3) is 0.0952. The number of nitrogens with zero attached hydrogens (tertiary/aromatic N) is 2. The van der Waals surface area contributed by atoms with Gasteiger partial charge in [-0.05, 0) is 61.0 Å². The predicted octanol–water partition coefficient (Wildman–Crippen LogP) is 3.43. The summed E-state index contributed by atoms with van der Waals surface area (Å²) in [5, 5.41) is 2.73. The van der Waals surface area contributed by atoms with Gasteiger partial charge in [-0.2, -0.15) is 0 Å². The Labute approximate surface area is 160 Å². The molecule has 7 nitrogen and oxygen atoms in total. The number of nitrogens with one attached hydrogen (secondary N) is 1. The van der Waals surface area contributed by atoms with Crippen LogP contribution in [0.2, 0.25) is 0 Å². The summed E-state index contributed by atoms with van der Waals surface area (Å²) in [6, 6.07) is 15.3. The molecule has 0 fully saturated rings. The third kappa shape index (κ3) is 3.78. The van der Waals surface area contributed by atoms with Crippen LogP contribution in [-0.4, -0.2) is 15.3 Å². The average Bonchev–Trinajstić information content (AvgIpc) is 3.22. The number of hydrogen-bond acceptors (Lipinski definition) is 5. The molecule has 0 aliphatic heterocycles. The molecule has 0 aliphatic rings. The summed E-state index contributed by atoms with van der Waals surface area (Å²) in [5.74, 6) is 0.515. The molecule has 0 radical (unpaired) electrons. The second-order valence-corrected chi connectivity index (χ2v) is 6.26. The van der Waals surface area contributed by atoms with Gasteiger partial charge in [-0.15, -0.1) is 0 Å². The lowest BCUT2D eigenvalue weighted by Gasteiger charge is -2.08. The Bertz CT molecular complexity index is 1180. The minimum absolute atomic E-state index is 0.153. The van der Waals surface area contributed by atoms with Gasteiger partial charge in [-0.1, -0.05) is 0 Å². The lowest BCUT2D eigenvalue weighted by molar-refractivity contribution is 0.0996. The predicted molar refractivity (Wildman–Crippen MR) is 104 cm³/mol. The minimum atomic E-state index is -0.324. The van der Waals surface area contributed by atoms with Gasteiger partial charge in [0.25, 0.3) is 11.5 Å². The Morgan fingerprint density at radius 1 is 1.18 bits per heavy atom. The van der Waals surface area contributed by atoms with E-state index in [0.717, 1.165) is 5.56 Å². The maximum absolute atomic E-state index is 12.2. The highest BCUT2D eigenvalue weighted by molar-refractivity contribution is 6.02. The smallest absolute Gasteiger partial charge is 0.291 e. The normalized spacial score (nSPS) is 10.8.